The first-order valence-corrected chi connectivity index (χ1v) is 8.81. The number of carbonyl (C=O) groups is 1. The van der Waals surface area contributed by atoms with Gasteiger partial charge in [0, 0.05) is 5.02 Å². The van der Waals surface area contributed by atoms with Gasteiger partial charge in [-0.2, -0.15) is 5.10 Å². The van der Waals surface area contributed by atoms with E-state index in [0.29, 0.717) is 27.2 Å². The molecule has 146 valence electrons. The van der Waals surface area contributed by atoms with Gasteiger partial charge in [-0.05, 0) is 47.5 Å². The molecule has 1 aromatic heterocycles. The SMILES string of the molecule is NC(=O)N(c1cccc(Cl)c1)c1ccc(-c2ccc(F)c3[nH]nc(N)c23)cc1F. The van der Waals surface area contributed by atoms with Crippen LogP contribution in [0.15, 0.2) is 54.6 Å². The molecule has 4 rings (SSSR count). The average molecular weight is 414 g/mol. The molecule has 5 N–H and O–H groups in total. The number of hydrogen-bond acceptors (Lipinski definition) is 3. The van der Waals surface area contributed by atoms with Crippen LogP contribution < -0.4 is 16.4 Å². The van der Waals surface area contributed by atoms with Crippen molar-refractivity contribution in [3.05, 3.63) is 71.3 Å². The van der Waals surface area contributed by atoms with Crippen LogP contribution in [0.4, 0.5) is 30.8 Å². The summed E-state index contributed by atoms with van der Waals surface area (Å²) in [5.41, 5.74) is 12.6. The third-order valence-electron chi connectivity index (χ3n) is 4.49. The van der Waals surface area contributed by atoms with Crippen molar-refractivity contribution >= 4 is 45.7 Å². The lowest BCUT2D eigenvalue weighted by Crippen LogP contribution is -2.32. The number of H-pyrrole nitrogens is 1. The fourth-order valence-corrected chi connectivity index (χ4v) is 3.41. The predicted molar refractivity (Wildman–Crippen MR) is 109 cm³/mol. The average Bonchev–Trinajstić information content (AvgIpc) is 3.06. The smallest absolute Gasteiger partial charge is 0.323 e. The Hall–Kier alpha value is -3.65. The number of primary amides is 1. The summed E-state index contributed by atoms with van der Waals surface area (Å²) in [5, 5.41) is 7.06. The number of carbonyl (C=O) groups excluding carboxylic acids is 1. The molecular weight excluding hydrogens is 400 g/mol. The number of hydrogen-bond donors (Lipinski definition) is 3. The Morgan fingerprint density at radius 3 is 2.55 bits per heavy atom. The Morgan fingerprint density at radius 2 is 1.86 bits per heavy atom. The first-order chi connectivity index (χ1) is 13.9. The molecule has 1 heterocycles. The molecule has 0 unspecified atom stereocenters. The van der Waals surface area contributed by atoms with Gasteiger partial charge < -0.3 is 11.5 Å². The third-order valence-corrected chi connectivity index (χ3v) is 4.72. The van der Waals surface area contributed by atoms with Crippen molar-refractivity contribution in [2.75, 3.05) is 10.6 Å². The number of nitrogen functional groups attached to an aromatic ring is 1. The molecule has 0 radical (unpaired) electrons. The van der Waals surface area contributed by atoms with Crippen LogP contribution in [0.3, 0.4) is 0 Å². The van der Waals surface area contributed by atoms with Crippen molar-refractivity contribution in [1.82, 2.24) is 10.2 Å². The molecule has 0 aliphatic heterocycles. The Morgan fingerprint density at radius 1 is 1.07 bits per heavy atom. The number of nitrogens with one attached hydrogen (secondary N) is 1. The van der Waals surface area contributed by atoms with Gasteiger partial charge in [0.15, 0.2) is 5.82 Å². The first-order valence-electron chi connectivity index (χ1n) is 8.44. The minimum atomic E-state index is -0.873. The van der Waals surface area contributed by atoms with E-state index in [1.807, 2.05) is 0 Å². The second-order valence-corrected chi connectivity index (χ2v) is 6.71. The second-order valence-electron chi connectivity index (χ2n) is 6.27. The summed E-state index contributed by atoms with van der Waals surface area (Å²) in [6.45, 7) is 0. The summed E-state index contributed by atoms with van der Waals surface area (Å²) in [6.07, 6.45) is 0. The fourth-order valence-electron chi connectivity index (χ4n) is 3.22. The van der Waals surface area contributed by atoms with Crippen molar-refractivity contribution in [1.29, 1.82) is 0 Å². The van der Waals surface area contributed by atoms with Crippen LogP contribution in [0.1, 0.15) is 0 Å². The van der Waals surface area contributed by atoms with Gasteiger partial charge in [0.25, 0.3) is 0 Å². The number of fused-ring (bicyclic) bond motifs is 1. The summed E-state index contributed by atoms with van der Waals surface area (Å²) >= 11 is 5.97. The predicted octanol–water partition coefficient (Wildman–Crippen LogP) is 4.96. The van der Waals surface area contributed by atoms with Crippen molar-refractivity contribution in [2.45, 2.75) is 0 Å². The van der Waals surface area contributed by atoms with Gasteiger partial charge in [-0.15, -0.1) is 0 Å². The summed E-state index contributed by atoms with van der Waals surface area (Å²) in [7, 11) is 0. The van der Waals surface area contributed by atoms with E-state index in [1.165, 1.54) is 30.3 Å². The topological polar surface area (TPSA) is 101 Å². The van der Waals surface area contributed by atoms with Gasteiger partial charge >= 0.3 is 6.03 Å². The molecule has 0 aliphatic carbocycles. The molecule has 2 amide bonds. The number of nitrogens with zero attached hydrogens (tertiary/aromatic N) is 2. The zero-order chi connectivity index (χ0) is 20.7. The number of urea groups is 1. The minimum absolute atomic E-state index is 0.0537. The fraction of sp³-hybridized carbons (Fsp3) is 0. The minimum Gasteiger partial charge on any atom is -0.382 e. The maximum Gasteiger partial charge on any atom is 0.323 e. The van der Waals surface area contributed by atoms with Gasteiger partial charge in [-0.1, -0.05) is 29.8 Å². The van der Waals surface area contributed by atoms with E-state index in [-0.39, 0.29) is 17.0 Å². The van der Waals surface area contributed by atoms with E-state index in [2.05, 4.69) is 10.2 Å². The number of rotatable bonds is 3. The molecule has 3 aromatic carbocycles. The molecule has 29 heavy (non-hydrogen) atoms. The Bertz CT molecular complexity index is 1260. The number of amides is 2. The van der Waals surface area contributed by atoms with E-state index in [9.17, 15) is 9.18 Å². The van der Waals surface area contributed by atoms with Gasteiger partial charge in [0.05, 0.1) is 16.8 Å². The molecule has 0 fully saturated rings. The molecule has 0 saturated carbocycles. The zero-order valence-corrected chi connectivity index (χ0v) is 15.5. The van der Waals surface area contributed by atoms with Gasteiger partial charge in [-0.3, -0.25) is 10.00 Å². The number of halogens is 3. The van der Waals surface area contributed by atoms with Crippen molar-refractivity contribution in [3.8, 4) is 11.1 Å². The maximum atomic E-state index is 15.0. The lowest BCUT2D eigenvalue weighted by molar-refractivity contribution is 0.256. The highest BCUT2D eigenvalue weighted by Gasteiger charge is 2.21. The van der Waals surface area contributed by atoms with Crippen LogP contribution in [0.25, 0.3) is 22.0 Å². The molecule has 0 atom stereocenters. The van der Waals surface area contributed by atoms with E-state index in [1.54, 1.807) is 24.3 Å². The summed E-state index contributed by atoms with van der Waals surface area (Å²) in [4.78, 5) is 13.0. The monoisotopic (exact) mass is 413 g/mol. The van der Waals surface area contributed by atoms with Gasteiger partial charge in [-0.25, -0.2) is 13.6 Å². The maximum absolute atomic E-state index is 15.0. The molecule has 6 nitrogen and oxygen atoms in total. The van der Waals surface area contributed by atoms with Gasteiger partial charge in [0.2, 0.25) is 0 Å². The highest BCUT2D eigenvalue weighted by Crippen LogP contribution is 2.36. The van der Waals surface area contributed by atoms with E-state index < -0.39 is 17.7 Å². The number of aromatic amines is 1. The van der Waals surface area contributed by atoms with Crippen LogP contribution in [0.5, 0.6) is 0 Å². The van der Waals surface area contributed by atoms with Crippen LogP contribution in [-0.4, -0.2) is 16.2 Å². The molecule has 0 saturated heterocycles. The molecule has 0 spiro atoms. The van der Waals surface area contributed by atoms with E-state index in [0.717, 1.165) is 4.90 Å². The standard InChI is InChI=1S/C20H14ClF2N5O/c21-11-2-1-3-12(9-11)28(20(25)29)16-7-4-10(8-15(16)23)13-5-6-14(22)18-17(13)19(24)27-26-18/h1-9H,(H2,25,29)(H3,24,26,27). The number of aromatic nitrogens is 2. The van der Waals surface area contributed by atoms with Gasteiger partial charge in [0.1, 0.15) is 17.2 Å². The summed E-state index contributed by atoms with van der Waals surface area (Å²) in [6, 6.07) is 12.4. The van der Waals surface area contributed by atoms with Crippen LogP contribution in [0, 0.1) is 11.6 Å². The highest BCUT2D eigenvalue weighted by molar-refractivity contribution is 6.31. The molecular formula is C20H14ClF2N5O. The summed E-state index contributed by atoms with van der Waals surface area (Å²) in [5.74, 6) is -1.14. The van der Waals surface area contributed by atoms with Crippen LogP contribution >= 0.6 is 11.6 Å². The Kier molecular flexibility index (Phi) is 4.56. The highest BCUT2D eigenvalue weighted by atomic mass is 35.5. The zero-order valence-electron chi connectivity index (χ0n) is 14.8. The van der Waals surface area contributed by atoms with E-state index in [4.69, 9.17) is 23.1 Å². The Balaban J connectivity index is 1.84. The number of nitrogens with two attached hydrogens (primary N) is 2. The van der Waals surface area contributed by atoms with Crippen LogP contribution in [-0.2, 0) is 0 Å². The van der Waals surface area contributed by atoms with E-state index >= 15 is 4.39 Å². The third kappa shape index (κ3) is 3.23. The van der Waals surface area contributed by atoms with Crippen molar-refractivity contribution < 1.29 is 13.6 Å². The van der Waals surface area contributed by atoms with Crippen molar-refractivity contribution in [2.24, 2.45) is 5.73 Å². The number of anilines is 3. The Labute approximate surface area is 168 Å². The second kappa shape index (κ2) is 7.06. The molecule has 0 bridgehead atoms. The largest absolute Gasteiger partial charge is 0.382 e. The summed E-state index contributed by atoms with van der Waals surface area (Å²) < 4.78 is 29.0. The molecule has 9 heteroatoms. The lowest BCUT2D eigenvalue weighted by Gasteiger charge is -2.22. The first kappa shape index (κ1) is 18.7. The lowest BCUT2D eigenvalue weighted by atomic mass is 10.0. The van der Waals surface area contributed by atoms with Crippen molar-refractivity contribution in [3.63, 3.8) is 0 Å². The van der Waals surface area contributed by atoms with Crippen LogP contribution in [0.2, 0.25) is 5.02 Å². The normalized spacial score (nSPS) is 11.0. The quantitative estimate of drug-likeness (QED) is 0.442. The molecule has 4 aromatic rings. The molecule has 0 aliphatic rings. The number of benzene rings is 3.